The Morgan fingerprint density at radius 2 is 0.500 bits per heavy atom. The van der Waals surface area contributed by atoms with Gasteiger partial charge >= 0.3 is 0 Å². The maximum atomic E-state index is 2.55. The maximum Gasteiger partial charge on any atom is 0.0713 e. The van der Waals surface area contributed by atoms with Gasteiger partial charge in [0.25, 0.3) is 0 Å². The third-order valence-corrected chi connectivity index (χ3v) is 29.0. The number of nitrogens with zero attached hydrogens (tertiary/aromatic N) is 2. The molecular formula is C134H112N2. The van der Waals surface area contributed by atoms with E-state index in [1.807, 2.05) is 0 Å². The average molecular weight is 1750 g/mol. The van der Waals surface area contributed by atoms with Gasteiger partial charge < -0.3 is 9.80 Å². The van der Waals surface area contributed by atoms with Crippen LogP contribution in [0, 0.1) is 0 Å². The molecule has 22 rings (SSSR count). The topological polar surface area (TPSA) is 6.48 Å². The lowest BCUT2D eigenvalue weighted by Gasteiger charge is -2.34. The molecule has 20 aromatic rings. The molecule has 0 fully saturated rings. The normalized spacial score (nSPS) is 13.8. The highest BCUT2D eigenvalue weighted by atomic mass is 15.2. The summed E-state index contributed by atoms with van der Waals surface area (Å²) in [6.07, 6.45) is 0. The summed E-state index contributed by atoms with van der Waals surface area (Å²) in [6.45, 7) is 28.1. The van der Waals surface area contributed by atoms with Gasteiger partial charge in [0.15, 0.2) is 0 Å². The molecule has 2 nitrogen and oxygen atoms in total. The van der Waals surface area contributed by atoms with Crippen molar-refractivity contribution in [2.45, 2.75) is 116 Å². The molecule has 0 radical (unpaired) electrons. The molecule has 0 saturated carbocycles. The zero-order valence-corrected chi connectivity index (χ0v) is 79.8. The standard InChI is InChI=1S/C134H112N2/c1-129(2,3)102-83-103(130(4,5)6)86-108(85-102)135(124-67-34-30-57-114(124)116-62-38-46-93-45-37-60-110(126(93)116)90-41-18-13-19-42-90)106-74-69-89(70-75-106)95-73-78-113-112-56-28-32-64-120(112)134(123(113)82-95,100-53-26-17-27-54-100)101-55-36-47-94(80-101)97-79-96-48-39-63-117(127(96)119(81-97)91-43-20-14-21-44-91)115-58-31-35-68-125(115)136(109-87-104(131(7,8)9)84-105(88-109)132(10,11)12)107-76-71-92(72-77-107)111-61-40-66-122-128(111)118-59-29-33-65-121(118)133(122,98-49-22-15-23-50-98)99-51-24-16-25-52-99/h13-88H,1-12H3. The Labute approximate surface area is 803 Å². The minimum atomic E-state index is -0.724. The SMILES string of the molecule is CC(C)(C)c1cc(N(c2ccc(-c3ccc4c(c3)C(c3ccccc3)(c3cccc(-c5cc(-c6ccccc6)c6c(-c7ccccc7N(c7ccc(-c8cccc9c8-c8ccccc8C9(c8ccccc8)c8ccccc8)cc7)c7cc(C(C)(C)C)cc(C(C)(C)C)c7)cccc6c5)c3)c3ccccc3-4)cc2)c2ccccc2-c2cccc3cccc(-c4ccccc4)c23)cc(C(C)(C)C)c1. The Hall–Kier alpha value is -15.5. The summed E-state index contributed by atoms with van der Waals surface area (Å²) >= 11 is 0. The Balaban J connectivity index is 0.676. The summed E-state index contributed by atoms with van der Waals surface area (Å²) in [6, 6.07) is 175. The zero-order valence-electron chi connectivity index (χ0n) is 79.8. The van der Waals surface area contributed by atoms with Gasteiger partial charge in [0.2, 0.25) is 0 Å². The molecule has 0 aliphatic heterocycles. The first-order chi connectivity index (χ1) is 66.0. The molecule has 2 aliphatic rings. The molecule has 658 valence electrons. The second kappa shape index (κ2) is 33.9. The van der Waals surface area contributed by atoms with Gasteiger partial charge in [0.1, 0.15) is 0 Å². The summed E-state index contributed by atoms with van der Waals surface area (Å²) in [5.74, 6) is 0. The first-order valence-electron chi connectivity index (χ1n) is 48.3. The fourth-order valence-corrected chi connectivity index (χ4v) is 22.1. The molecule has 0 aromatic heterocycles. The molecule has 1 unspecified atom stereocenters. The predicted molar refractivity (Wildman–Crippen MR) is 578 cm³/mol. The Morgan fingerprint density at radius 3 is 1.00 bits per heavy atom. The average Bonchev–Trinajstić information content (AvgIpc) is 1.53. The fourth-order valence-electron chi connectivity index (χ4n) is 22.1. The van der Waals surface area contributed by atoms with Gasteiger partial charge in [-0.15, -0.1) is 0 Å². The van der Waals surface area contributed by atoms with E-state index in [1.54, 1.807) is 0 Å². The number of hydrogen-bond acceptors (Lipinski definition) is 2. The molecular weight excluding hydrogens is 1640 g/mol. The van der Waals surface area contributed by atoms with Gasteiger partial charge in [0.05, 0.1) is 22.2 Å². The first-order valence-corrected chi connectivity index (χ1v) is 48.3. The van der Waals surface area contributed by atoms with Crippen LogP contribution in [0.5, 0.6) is 0 Å². The number of rotatable bonds is 17. The van der Waals surface area contributed by atoms with E-state index in [0.29, 0.717) is 0 Å². The summed E-state index contributed by atoms with van der Waals surface area (Å²) in [7, 11) is 0. The van der Waals surface area contributed by atoms with Crippen molar-refractivity contribution in [2.75, 3.05) is 9.80 Å². The lowest BCUT2D eigenvalue weighted by atomic mass is 9.67. The molecule has 0 bridgehead atoms. The van der Waals surface area contributed by atoms with E-state index in [2.05, 4.69) is 554 Å². The van der Waals surface area contributed by atoms with E-state index < -0.39 is 10.8 Å². The molecule has 136 heavy (non-hydrogen) atoms. The predicted octanol–water partition coefficient (Wildman–Crippen LogP) is 36.5. The van der Waals surface area contributed by atoms with Crippen molar-refractivity contribution in [1.82, 2.24) is 0 Å². The minimum Gasteiger partial charge on any atom is -0.310 e. The van der Waals surface area contributed by atoms with Crippen molar-refractivity contribution >= 4 is 55.7 Å². The van der Waals surface area contributed by atoms with E-state index >= 15 is 0 Å². The van der Waals surface area contributed by atoms with Gasteiger partial charge in [-0.2, -0.15) is 0 Å². The molecule has 2 aliphatic carbocycles. The maximum absolute atomic E-state index is 2.55. The van der Waals surface area contributed by atoms with Crippen LogP contribution in [0.25, 0.3) is 122 Å². The van der Waals surface area contributed by atoms with Crippen LogP contribution in [0.4, 0.5) is 34.1 Å². The van der Waals surface area contributed by atoms with Gasteiger partial charge in [-0.05, 0) is 284 Å². The Morgan fingerprint density at radius 1 is 0.169 bits per heavy atom. The van der Waals surface area contributed by atoms with Crippen LogP contribution in [-0.2, 0) is 32.5 Å². The zero-order chi connectivity index (χ0) is 93.0. The molecule has 2 heteroatoms. The van der Waals surface area contributed by atoms with E-state index in [-0.39, 0.29) is 21.7 Å². The summed E-state index contributed by atoms with van der Waals surface area (Å²) in [5.41, 5.74) is 41.3. The third-order valence-electron chi connectivity index (χ3n) is 29.0. The van der Waals surface area contributed by atoms with Gasteiger partial charge in [-0.25, -0.2) is 0 Å². The second-order valence-electron chi connectivity index (χ2n) is 41.5. The molecule has 0 saturated heterocycles. The Kier molecular flexibility index (Phi) is 21.4. The van der Waals surface area contributed by atoms with Crippen LogP contribution < -0.4 is 9.80 Å². The van der Waals surface area contributed by atoms with Crippen LogP contribution >= 0.6 is 0 Å². The second-order valence-corrected chi connectivity index (χ2v) is 41.5. The van der Waals surface area contributed by atoms with Crippen LogP contribution in [0.15, 0.2) is 461 Å². The number of anilines is 6. The number of hydrogen-bond donors (Lipinski definition) is 0. The van der Waals surface area contributed by atoms with Gasteiger partial charge in [0, 0.05) is 33.9 Å². The highest BCUT2D eigenvalue weighted by molar-refractivity contribution is 6.12. The number of fused-ring (bicyclic) bond motifs is 8. The molecule has 0 spiro atoms. The molecule has 0 heterocycles. The Bertz CT molecular complexity index is 7840. The lowest BCUT2D eigenvalue weighted by Crippen LogP contribution is -2.28. The van der Waals surface area contributed by atoms with Crippen molar-refractivity contribution in [3.05, 3.63) is 528 Å². The molecule has 1 atom stereocenters. The monoisotopic (exact) mass is 1750 g/mol. The quantitative estimate of drug-likeness (QED) is 0.0896. The van der Waals surface area contributed by atoms with Crippen molar-refractivity contribution in [3.8, 4) is 100 Å². The third kappa shape index (κ3) is 14.9. The molecule has 0 N–H and O–H groups in total. The van der Waals surface area contributed by atoms with Gasteiger partial charge in [-0.3, -0.25) is 0 Å². The minimum absolute atomic E-state index is 0.124. The van der Waals surface area contributed by atoms with Gasteiger partial charge in [-0.1, -0.05) is 459 Å². The number of benzene rings is 20. The van der Waals surface area contributed by atoms with E-state index in [9.17, 15) is 0 Å². The fraction of sp³-hybridized carbons (Fsp3) is 0.134. The van der Waals surface area contributed by atoms with E-state index in [0.717, 1.165) is 95.1 Å². The summed E-state index contributed by atoms with van der Waals surface area (Å²) < 4.78 is 0. The highest BCUT2D eigenvalue weighted by Gasteiger charge is 2.49. The highest BCUT2D eigenvalue weighted by Crippen LogP contribution is 2.61. The van der Waals surface area contributed by atoms with Crippen LogP contribution in [-0.4, -0.2) is 0 Å². The molecule has 20 aromatic carbocycles. The van der Waals surface area contributed by atoms with Crippen molar-refractivity contribution < 1.29 is 0 Å². The lowest BCUT2D eigenvalue weighted by molar-refractivity contribution is 0.568. The van der Waals surface area contributed by atoms with Crippen molar-refractivity contribution in [1.29, 1.82) is 0 Å². The van der Waals surface area contributed by atoms with Crippen molar-refractivity contribution in [3.63, 3.8) is 0 Å². The van der Waals surface area contributed by atoms with E-state index in [1.165, 1.54) is 127 Å². The molecule has 0 amide bonds. The van der Waals surface area contributed by atoms with Crippen LogP contribution in [0.1, 0.15) is 150 Å². The summed E-state index contributed by atoms with van der Waals surface area (Å²) in [5, 5.41) is 4.79. The largest absolute Gasteiger partial charge is 0.310 e. The summed E-state index contributed by atoms with van der Waals surface area (Å²) in [4.78, 5) is 5.07. The van der Waals surface area contributed by atoms with E-state index in [4.69, 9.17) is 0 Å². The van der Waals surface area contributed by atoms with Crippen LogP contribution in [0.3, 0.4) is 0 Å². The number of para-hydroxylation sites is 2. The van der Waals surface area contributed by atoms with Crippen molar-refractivity contribution in [2.24, 2.45) is 0 Å². The first kappa shape index (κ1) is 86.0. The smallest absolute Gasteiger partial charge is 0.0713 e. The van der Waals surface area contributed by atoms with Crippen LogP contribution in [0.2, 0.25) is 0 Å².